The Labute approximate surface area is 141 Å². The Hall–Kier alpha value is -2.79. The smallest absolute Gasteiger partial charge is 0.123 e. The Balaban J connectivity index is 1.62. The highest BCUT2D eigenvalue weighted by Gasteiger charge is 2.06. The van der Waals surface area contributed by atoms with E-state index in [2.05, 4.69) is 10.4 Å². The van der Waals surface area contributed by atoms with Gasteiger partial charge in [-0.05, 0) is 30.3 Å². The largest absolute Gasteiger partial charge is 0.497 e. The Morgan fingerprint density at radius 1 is 1.00 bits per heavy atom. The first-order valence-corrected chi connectivity index (χ1v) is 7.81. The van der Waals surface area contributed by atoms with E-state index in [-0.39, 0.29) is 0 Å². The van der Waals surface area contributed by atoms with Gasteiger partial charge in [-0.3, -0.25) is 0 Å². The van der Waals surface area contributed by atoms with E-state index in [4.69, 9.17) is 9.47 Å². The first-order valence-electron chi connectivity index (χ1n) is 7.81. The minimum absolute atomic E-state index is 0.691. The first-order chi connectivity index (χ1) is 11.8. The number of nitrogens with zero attached hydrogens (tertiary/aromatic N) is 2. The summed E-state index contributed by atoms with van der Waals surface area (Å²) in [6, 6.07) is 15.9. The number of rotatable bonds is 7. The zero-order valence-electron chi connectivity index (χ0n) is 13.9. The molecular weight excluding hydrogens is 302 g/mol. The maximum atomic E-state index is 5.40. The summed E-state index contributed by atoms with van der Waals surface area (Å²) >= 11 is 0. The second-order valence-corrected chi connectivity index (χ2v) is 5.41. The van der Waals surface area contributed by atoms with E-state index in [0.717, 1.165) is 34.9 Å². The highest BCUT2D eigenvalue weighted by atomic mass is 16.5. The third-order valence-corrected chi connectivity index (χ3v) is 3.79. The molecule has 0 aliphatic rings. The molecule has 0 fully saturated rings. The van der Waals surface area contributed by atoms with Gasteiger partial charge in [0.2, 0.25) is 0 Å². The molecule has 0 spiro atoms. The first kappa shape index (κ1) is 16.1. The Bertz CT molecular complexity index is 784. The van der Waals surface area contributed by atoms with Crippen molar-refractivity contribution in [3.05, 3.63) is 72.1 Å². The van der Waals surface area contributed by atoms with Crippen LogP contribution in [-0.4, -0.2) is 24.0 Å². The van der Waals surface area contributed by atoms with E-state index in [0.29, 0.717) is 6.54 Å². The number of para-hydroxylation sites is 1. The van der Waals surface area contributed by atoms with Crippen molar-refractivity contribution < 1.29 is 9.47 Å². The van der Waals surface area contributed by atoms with E-state index in [9.17, 15) is 0 Å². The quantitative estimate of drug-likeness (QED) is 0.725. The molecule has 3 rings (SSSR count). The van der Waals surface area contributed by atoms with Crippen LogP contribution in [0.15, 0.2) is 60.9 Å². The molecule has 0 saturated heterocycles. The summed E-state index contributed by atoms with van der Waals surface area (Å²) < 4.78 is 12.6. The van der Waals surface area contributed by atoms with Crippen LogP contribution in [0.2, 0.25) is 0 Å². The number of benzene rings is 2. The van der Waals surface area contributed by atoms with Gasteiger partial charge < -0.3 is 14.8 Å². The molecule has 124 valence electrons. The van der Waals surface area contributed by atoms with E-state index in [1.807, 2.05) is 65.6 Å². The molecule has 2 aromatic carbocycles. The molecule has 3 aromatic rings. The van der Waals surface area contributed by atoms with Gasteiger partial charge in [0.1, 0.15) is 11.5 Å². The monoisotopic (exact) mass is 323 g/mol. The van der Waals surface area contributed by atoms with E-state index in [1.165, 1.54) is 0 Å². The zero-order chi connectivity index (χ0) is 16.8. The lowest BCUT2D eigenvalue weighted by atomic mass is 10.2. The van der Waals surface area contributed by atoms with Crippen molar-refractivity contribution in [3.63, 3.8) is 0 Å². The summed E-state index contributed by atoms with van der Waals surface area (Å²) in [5.41, 5.74) is 3.24. The summed E-state index contributed by atoms with van der Waals surface area (Å²) in [5, 5.41) is 7.83. The van der Waals surface area contributed by atoms with Crippen LogP contribution in [0.5, 0.6) is 11.5 Å². The molecule has 1 aromatic heterocycles. The maximum absolute atomic E-state index is 5.40. The minimum Gasteiger partial charge on any atom is -0.497 e. The van der Waals surface area contributed by atoms with Crippen molar-refractivity contribution >= 4 is 0 Å². The number of hydrogen-bond acceptors (Lipinski definition) is 4. The van der Waals surface area contributed by atoms with Gasteiger partial charge in [0.25, 0.3) is 0 Å². The topological polar surface area (TPSA) is 48.3 Å². The normalized spacial score (nSPS) is 10.6. The molecule has 0 radical (unpaired) electrons. The van der Waals surface area contributed by atoms with Gasteiger partial charge in [-0.2, -0.15) is 5.10 Å². The predicted octanol–water partition coefficient (Wildman–Crippen LogP) is 3.18. The van der Waals surface area contributed by atoms with Crippen molar-refractivity contribution in [3.8, 4) is 17.2 Å². The predicted molar refractivity (Wildman–Crippen MR) is 93.7 cm³/mol. The van der Waals surface area contributed by atoms with Gasteiger partial charge >= 0.3 is 0 Å². The lowest BCUT2D eigenvalue weighted by molar-refractivity contribution is 0.397. The molecule has 5 nitrogen and oxygen atoms in total. The van der Waals surface area contributed by atoms with Crippen LogP contribution in [0.25, 0.3) is 5.69 Å². The summed E-state index contributed by atoms with van der Waals surface area (Å²) in [4.78, 5) is 0. The summed E-state index contributed by atoms with van der Waals surface area (Å²) in [6.45, 7) is 1.42. The Kier molecular flexibility index (Phi) is 5.13. The molecule has 24 heavy (non-hydrogen) atoms. The van der Waals surface area contributed by atoms with Crippen molar-refractivity contribution in [2.75, 3.05) is 14.2 Å². The molecule has 0 aliphatic carbocycles. The van der Waals surface area contributed by atoms with Crippen LogP contribution in [0, 0.1) is 0 Å². The van der Waals surface area contributed by atoms with Crippen molar-refractivity contribution in [2.24, 2.45) is 0 Å². The van der Waals surface area contributed by atoms with Crippen LogP contribution in [0.1, 0.15) is 11.1 Å². The SMILES string of the molecule is COc1ccc(OC)c(CNCc2cnn(-c3ccccc3)c2)c1. The molecule has 0 unspecified atom stereocenters. The lowest BCUT2D eigenvalue weighted by Gasteiger charge is -2.11. The summed E-state index contributed by atoms with van der Waals surface area (Å²) in [5.74, 6) is 1.67. The zero-order valence-corrected chi connectivity index (χ0v) is 13.9. The number of nitrogens with one attached hydrogen (secondary N) is 1. The average Bonchev–Trinajstić information content (AvgIpc) is 3.11. The highest BCUT2D eigenvalue weighted by Crippen LogP contribution is 2.23. The van der Waals surface area contributed by atoms with Gasteiger partial charge in [0, 0.05) is 30.4 Å². The van der Waals surface area contributed by atoms with Crippen molar-refractivity contribution in [2.45, 2.75) is 13.1 Å². The minimum atomic E-state index is 0.691. The van der Waals surface area contributed by atoms with E-state index >= 15 is 0 Å². The van der Waals surface area contributed by atoms with Crippen LogP contribution in [-0.2, 0) is 13.1 Å². The van der Waals surface area contributed by atoms with Crippen LogP contribution >= 0.6 is 0 Å². The molecule has 0 bridgehead atoms. The van der Waals surface area contributed by atoms with Crippen LogP contribution < -0.4 is 14.8 Å². The van der Waals surface area contributed by atoms with Crippen LogP contribution in [0.4, 0.5) is 0 Å². The number of ether oxygens (including phenoxy) is 2. The second kappa shape index (κ2) is 7.66. The molecule has 0 saturated carbocycles. The lowest BCUT2D eigenvalue weighted by Crippen LogP contribution is -2.13. The van der Waals surface area contributed by atoms with Gasteiger partial charge in [-0.25, -0.2) is 4.68 Å². The molecule has 5 heteroatoms. The van der Waals surface area contributed by atoms with Gasteiger partial charge in [-0.15, -0.1) is 0 Å². The molecule has 1 heterocycles. The fourth-order valence-corrected chi connectivity index (χ4v) is 2.53. The number of methoxy groups -OCH3 is 2. The standard InChI is InChI=1S/C19H21N3O2/c1-23-18-8-9-19(24-2)16(10-18)13-20-11-15-12-21-22(14-15)17-6-4-3-5-7-17/h3-10,12,14,20H,11,13H2,1-2H3. The highest BCUT2D eigenvalue weighted by molar-refractivity contribution is 5.40. The number of hydrogen-bond donors (Lipinski definition) is 1. The molecule has 0 amide bonds. The third kappa shape index (κ3) is 3.75. The van der Waals surface area contributed by atoms with Crippen LogP contribution in [0.3, 0.4) is 0 Å². The van der Waals surface area contributed by atoms with E-state index < -0.39 is 0 Å². The summed E-state index contributed by atoms with van der Waals surface area (Å²) in [6.07, 6.45) is 3.91. The van der Waals surface area contributed by atoms with Crippen molar-refractivity contribution in [1.82, 2.24) is 15.1 Å². The molecule has 1 N–H and O–H groups in total. The third-order valence-electron chi connectivity index (χ3n) is 3.79. The summed E-state index contributed by atoms with van der Waals surface area (Å²) in [7, 11) is 3.34. The Morgan fingerprint density at radius 3 is 2.58 bits per heavy atom. The van der Waals surface area contributed by atoms with Gasteiger partial charge in [-0.1, -0.05) is 18.2 Å². The van der Waals surface area contributed by atoms with Crippen molar-refractivity contribution in [1.29, 1.82) is 0 Å². The molecular formula is C19H21N3O2. The van der Waals surface area contributed by atoms with Gasteiger partial charge in [0.05, 0.1) is 26.1 Å². The fourth-order valence-electron chi connectivity index (χ4n) is 2.53. The Morgan fingerprint density at radius 2 is 1.83 bits per heavy atom. The average molecular weight is 323 g/mol. The molecule has 0 atom stereocenters. The number of aromatic nitrogens is 2. The van der Waals surface area contributed by atoms with Gasteiger partial charge in [0.15, 0.2) is 0 Å². The second-order valence-electron chi connectivity index (χ2n) is 5.41. The molecule has 0 aliphatic heterocycles. The maximum Gasteiger partial charge on any atom is 0.123 e. The van der Waals surface area contributed by atoms with E-state index in [1.54, 1.807) is 14.2 Å². The fraction of sp³-hybridized carbons (Fsp3) is 0.211.